The minimum absolute atomic E-state index is 0.0631. The van der Waals surface area contributed by atoms with E-state index in [0.29, 0.717) is 53.5 Å². The van der Waals surface area contributed by atoms with Gasteiger partial charge in [0.05, 0.1) is 24.3 Å². The topological polar surface area (TPSA) is 15.7 Å². The molecule has 0 bridgehead atoms. The van der Waals surface area contributed by atoms with E-state index in [1.54, 1.807) is 28.0 Å². The molecule has 12 atom stereocenters. The van der Waals surface area contributed by atoms with Crippen molar-refractivity contribution in [1.29, 1.82) is 0 Å². The normalized spacial score (nSPS) is 36.5. The Labute approximate surface area is 417 Å². The molecule has 1 saturated carbocycles. The van der Waals surface area contributed by atoms with E-state index in [1.807, 2.05) is 0 Å². The highest BCUT2D eigenvalue weighted by Gasteiger charge is 2.56. The quantitative estimate of drug-likeness (QED) is 0.265. The second-order valence-corrected chi connectivity index (χ2v) is 26.5. The number of allylic oxidation sites excluding steroid dienone is 16. The molecular weight excluding hydrogens is 837 g/mol. The number of fused-ring (bicyclic) bond motifs is 10. The van der Waals surface area contributed by atoms with E-state index in [2.05, 4.69) is 201 Å². The molecule has 3 heteroatoms. The molecule has 0 spiro atoms. The van der Waals surface area contributed by atoms with Gasteiger partial charge in [-0.1, -0.05) is 189 Å². The van der Waals surface area contributed by atoms with E-state index in [4.69, 9.17) is 4.74 Å². The Morgan fingerprint density at radius 2 is 1.62 bits per heavy atom. The molecular formula is C66H82N2O. The van der Waals surface area contributed by atoms with Crippen molar-refractivity contribution in [3.05, 3.63) is 172 Å². The van der Waals surface area contributed by atoms with Gasteiger partial charge in [0, 0.05) is 46.3 Å². The molecule has 0 aromatic heterocycles. The largest absolute Gasteiger partial charge is 0.370 e. The van der Waals surface area contributed by atoms with E-state index in [0.717, 1.165) is 38.5 Å². The Hall–Kier alpha value is -4.34. The summed E-state index contributed by atoms with van der Waals surface area (Å²) in [6, 6.07) is 8.27. The molecule has 362 valence electrons. The fraction of sp³-hybridized carbons (Fsp3) is 0.545. The molecule has 10 aliphatic carbocycles. The molecule has 12 rings (SSSR count). The van der Waals surface area contributed by atoms with Gasteiger partial charge in [0.15, 0.2) is 0 Å². The third kappa shape index (κ3) is 7.50. The van der Waals surface area contributed by atoms with Crippen molar-refractivity contribution in [3.63, 3.8) is 0 Å². The summed E-state index contributed by atoms with van der Waals surface area (Å²) in [7, 11) is 0. The van der Waals surface area contributed by atoms with Gasteiger partial charge in [0.25, 0.3) is 0 Å². The van der Waals surface area contributed by atoms with Gasteiger partial charge in [-0.3, -0.25) is 0 Å². The number of hydrogen-bond donors (Lipinski definition) is 0. The summed E-state index contributed by atoms with van der Waals surface area (Å²) >= 11 is 0. The standard InChI is InChI=1S/C66H82N2O/c1-63(2,3)43-26-31-45(32-27-43)67(57-23-15-21-55-61(57)50-17-11-13-19-53(50)65(55,7)8)47-30-25-41-38-52-49-36-35-48(40-60(49)69-59(52)39-42(41)37-47)68(46-33-28-44(29-34-46)64(4,5)6)58-24-16-22-56-62(58)51-18-12-14-20-54(51)66(56,9)10/h11,13,15-16,19-22,24-26,28,30-31,33-36,38-39,44,47-52,55,57,59-61H,12,14,17-18,23,27,29,32,37,40H2,1-10H3. The molecule has 3 nitrogen and oxygen atoms in total. The zero-order chi connectivity index (χ0) is 47.8. The number of ether oxygens (including phenoxy) is 1. The van der Waals surface area contributed by atoms with E-state index in [-0.39, 0.29) is 39.9 Å². The third-order valence-corrected chi connectivity index (χ3v) is 19.9. The SMILES string of the molecule is CC(C)(C)C1=CC=C(N(C2C=CC3=CC4C(C=C3C2)OC2CC(N(C3=CCC(C(C)(C)C)C=C3)c3cccc5c3C3CCCC=C3C5(C)C)C=CC24)C2CC=CC3C2C2CC=CC=C2C3(C)C)CC1. The number of rotatable bonds is 6. The van der Waals surface area contributed by atoms with Crippen LogP contribution in [-0.2, 0) is 10.2 Å². The van der Waals surface area contributed by atoms with Crippen LogP contribution in [-0.4, -0.2) is 35.2 Å². The summed E-state index contributed by atoms with van der Waals surface area (Å²) < 4.78 is 7.38. The maximum atomic E-state index is 7.38. The van der Waals surface area contributed by atoms with Gasteiger partial charge in [0.2, 0.25) is 0 Å². The van der Waals surface area contributed by atoms with Crippen LogP contribution < -0.4 is 4.90 Å². The fourth-order valence-corrected chi connectivity index (χ4v) is 16.2. The van der Waals surface area contributed by atoms with Crippen LogP contribution in [0.15, 0.2) is 161 Å². The average molecular weight is 919 g/mol. The van der Waals surface area contributed by atoms with Crippen LogP contribution in [0.5, 0.6) is 0 Å². The van der Waals surface area contributed by atoms with Crippen molar-refractivity contribution >= 4 is 5.69 Å². The third-order valence-electron chi connectivity index (χ3n) is 19.9. The first-order chi connectivity index (χ1) is 33.0. The maximum Gasteiger partial charge on any atom is 0.0835 e. The lowest BCUT2D eigenvalue weighted by Crippen LogP contribution is -2.50. The van der Waals surface area contributed by atoms with Crippen molar-refractivity contribution in [2.24, 2.45) is 51.8 Å². The van der Waals surface area contributed by atoms with Gasteiger partial charge in [-0.05, 0) is 145 Å². The number of anilines is 1. The zero-order valence-electron chi connectivity index (χ0n) is 43.8. The molecule has 0 N–H and O–H groups in total. The van der Waals surface area contributed by atoms with Gasteiger partial charge in [-0.2, -0.15) is 0 Å². The van der Waals surface area contributed by atoms with Crippen molar-refractivity contribution in [2.75, 3.05) is 4.90 Å². The Balaban J connectivity index is 0.848. The summed E-state index contributed by atoms with van der Waals surface area (Å²) in [4.78, 5) is 5.73. The fourth-order valence-electron chi connectivity index (χ4n) is 16.2. The first-order valence-electron chi connectivity index (χ1n) is 27.7. The summed E-state index contributed by atoms with van der Waals surface area (Å²) in [5.41, 5.74) is 16.0. The molecule has 1 aliphatic heterocycles. The Morgan fingerprint density at radius 3 is 2.39 bits per heavy atom. The summed E-state index contributed by atoms with van der Waals surface area (Å²) in [5, 5.41) is 0. The Kier molecular flexibility index (Phi) is 11.0. The van der Waals surface area contributed by atoms with Gasteiger partial charge in [0.1, 0.15) is 0 Å². The van der Waals surface area contributed by atoms with E-state index < -0.39 is 0 Å². The molecule has 2 fully saturated rings. The highest BCUT2D eigenvalue weighted by Crippen LogP contribution is 2.61. The number of nitrogens with zero attached hydrogens (tertiary/aromatic N) is 2. The van der Waals surface area contributed by atoms with Crippen LogP contribution in [0.25, 0.3) is 0 Å². The predicted octanol–water partition coefficient (Wildman–Crippen LogP) is 16.1. The highest BCUT2D eigenvalue weighted by atomic mass is 16.5. The van der Waals surface area contributed by atoms with Crippen molar-refractivity contribution in [1.82, 2.24) is 4.90 Å². The maximum absolute atomic E-state index is 7.38. The van der Waals surface area contributed by atoms with E-state index >= 15 is 0 Å². The summed E-state index contributed by atoms with van der Waals surface area (Å²) in [5.74, 6) is 3.57. The van der Waals surface area contributed by atoms with Crippen LogP contribution in [0.1, 0.15) is 150 Å². The minimum Gasteiger partial charge on any atom is -0.370 e. The molecule has 1 aromatic rings. The molecule has 1 saturated heterocycles. The van der Waals surface area contributed by atoms with Crippen LogP contribution in [0.4, 0.5) is 5.69 Å². The predicted molar refractivity (Wildman–Crippen MR) is 289 cm³/mol. The summed E-state index contributed by atoms with van der Waals surface area (Å²) in [6.07, 6.45) is 54.9. The lowest BCUT2D eigenvalue weighted by atomic mass is 9.70. The molecule has 1 heterocycles. The number of benzene rings is 1. The van der Waals surface area contributed by atoms with Gasteiger partial charge < -0.3 is 14.5 Å². The molecule has 1 aromatic carbocycles. The molecule has 12 unspecified atom stereocenters. The second-order valence-electron chi connectivity index (χ2n) is 26.5. The Bertz CT molecular complexity index is 2660. The Morgan fingerprint density at radius 1 is 0.768 bits per heavy atom. The number of hydrogen-bond acceptors (Lipinski definition) is 3. The van der Waals surface area contributed by atoms with Crippen LogP contribution >= 0.6 is 0 Å². The van der Waals surface area contributed by atoms with Crippen molar-refractivity contribution in [2.45, 2.75) is 175 Å². The molecule has 69 heavy (non-hydrogen) atoms. The second kappa shape index (κ2) is 16.6. The zero-order valence-corrected chi connectivity index (χ0v) is 43.8. The van der Waals surface area contributed by atoms with Crippen LogP contribution in [0.2, 0.25) is 0 Å². The van der Waals surface area contributed by atoms with Crippen LogP contribution in [0.3, 0.4) is 0 Å². The monoisotopic (exact) mass is 919 g/mol. The van der Waals surface area contributed by atoms with Gasteiger partial charge >= 0.3 is 0 Å². The average Bonchev–Trinajstić information content (AvgIpc) is 3.89. The molecule has 11 aliphatic rings. The summed E-state index contributed by atoms with van der Waals surface area (Å²) in [6.45, 7) is 24.4. The van der Waals surface area contributed by atoms with E-state index in [1.165, 1.54) is 53.8 Å². The van der Waals surface area contributed by atoms with Crippen molar-refractivity contribution in [3.8, 4) is 0 Å². The lowest BCUT2D eigenvalue weighted by molar-refractivity contribution is 0.0491. The molecule has 0 amide bonds. The first kappa shape index (κ1) is 45.8. The lowest BCUT2D eigenvalue weighted by Gasteiger charge is -2.49. The minimum atomic E-state index is 0.0631. The van der Waals surface area contributed by atoms with E-state index in [9.17, 15) is 0 Å². The van der Waals surface area contributed by atoms with Crippen molar-refractivity contribution < 1.29 is 4.74 Å². The first-order valence-corrected chi connectivity index (χ1v) is 27.7. The smallest absolute Gasteiger partial charge is 0.0835 e. The van der Waals surface area contributed by atoms with Gasteiger partial charge in [-0.25, -0.2) is 0 Å². The van der Waals surface area contributed by atoms with Crippen LogP contribution in [0, 0.1) is 51.8 Å². The van der Waals surface area contributed by atoms with Gasteiger partial charge in [-0.15, -0.1) is 0 Å². The highest BCUT2D eigenvalue weighted by molar-refractivity contribution is 5.71. The molecule has 0 radical (unpaired) electrons.